The molecule has 2 atom stereocenters. The van der Waals surface area contributed by atoms with Gasteiger partial charge < -0.3 is 4.74 Å². The van der Waals surface area contributed by atoms with Crippen molar-refractivity contribution in [3.63, 3.8) is 0 Å². The molecular weight excluding hydrogens is 462 g/mol. The first kappa shape index (κ1) is 24.3. The molecule has 1 aliphatic rings. The largest absolute Gasteiger partial charge is 0.431 e. The summed E-state index contributed by atoms with van der Waals surface area (Å²) in [6, 6.07) is -0.268. The number of ether oxygens (including phenoxy) is 1. The Morgan fingerprint density at radius 3 is 1.93 bits per heavy atom. The van der Waals surface area contributed by atoms with Crippen molar-refractivity contribution in [1.29, 1.82) is 0 Å². The van der Waals surface area contributed by atoms with Gasteiger partial charge in [0.1, 0.15) is 10.6 Å². The van der Waals surface area contributed by atoms with Gasteiger partial charge in [0, 0.05) is 0 Å². The van der Waals surface area contributed by atoms with Crippen molar-refractivity contribution in [1.82, 2.24) is 0 Å². The van der Waals surface area contributed by atoms with Gasteiger partial charge in [-0.05, 0) is 23.5 Å². The van der Waals surface area contributed by atoms with E-state index in [0.717, 1.165) is 0 Å². The monoisotopic (exact) mass is 472 g/mol. The quantitative estimate of drug-likeness (QED) is 0.368. The molecule has 2 nitrogen and oxygen atoms in total. The van der Waals surface area contributed by atoms with Gasteiger partial charge >= 0.3 is 24.4 Å². The number of alkyl halides is 8. The molecule has 2 unspecified atom stereocenters. The van der Waals surface area contributed by atoms with Crippen molar-refractivity contribution in [2.24, 2.45) is 17.3 Å². The van der Waals surface area contributed by atoms with E-state index >= 15 is 0 Å². The maximum Gasteiger partial charge on any atom is 0.431 e. The third-order valence-corrected chi connectivity index (χ3v) is 5.03. The minimum absolute atomic E-state index is 0.107. The first-order valence-corrected chi connectivity index (χ1v) is 8.30. The minimum atomic E-state index is -5.37. The van der Waals surface area contributed by atoms with Crippen LogP contribution in [0.1, 0.15) is 25.0 Å². The summed E-state index contributed by atoms with van der Waals surface area (Å²) < 4.78 is 135. The van der Waals surface area contributed by atoms with Crippen molar-refractivity contribution in [2.75, 3.05) is 0 Å². The molecule has 0 spiro atoms. The van der Waals surface area contributed by atoms with Gasteiger partial charge in [-0.15, -0.1) is 0 Å². The predicted octanol–water partition coefficient (Wildman–Crippen LogP) is 6.53. The summed E-state index contributed by atoms with van der Waals surface area (Å²) in [6.45, 7) is 2.49. The third-order valence-electron chi connectivity index (χ3n) is 4.69. The highest BCUT2D eigenvalue weighted by atomic mass is 35.5. The Morgan fingerprint density at radius 1 is 1.00 bits per heavy atom. The smallest absolute Gasteiger partial charge is 0.397 e. The number of carbonyl (C=O) groups excluding carboxylic acids is 1. The Bertz CT molecular complexity index is 886. The highest BCUT2D eigenvalue weighted by Crippen LogP contribution is 2.61. The van der Waals surface area contributed by atoms with Crippen molar-refractivity contribution < 1.29 is 53.4 Å². The molecule has 1 aromatic carbocycles. The van der Waals surface area contributed by atoms with Crippen LogP contribution in [0.2, 0.25) is 0 Å². The first-order chi connectivity index (χ1) is 13.3. The Morgan fingerprint density at radius 2 is 1.47 bits per heavy atom. The molecule has 1 aromatic rings. The molecule has 0 aromatic heterocycles. The van der Waals surface area contributed by atoms with Gasteiger partial charge in [-0.2, -0.15) is 35.1 Å². The van der Waals surface area contributed by atoms with Crippen LogP contribution >= 0.6 is 11.6 Å². The number of hydrogen-bond donors (Lipinski definition) is 0. The van der Waals surface area contributed by atoms with Gasteiger partial charge in [-0.1, -0.05) is 31.5 Å². The summed E-state index contributed by atoms with van der Waals surface area (Å²) in [7, 11) is 0. The molecule has 168 valence electrons. The molecule has 0 saturated heterocycles. The van der Waals surface area contributed by atoms with Crippen molar-refractivity contribution in [3.05, 3.63) is 46.0 Å². The van der Waals surface area contributed by atoms with Crippen LogP contribution in [0.15, 0.2) is 23.2 Å². The third kappa shape index (κ3) is 4.52. The molecule has 0 heterocycles. The fourth-order valence-corrected chi connectivity index (χ4v) is 3.06. The number of carbonyl (C=O) groups is 1. The number of hydrogen-bond acceptors (Lipinski definition) is 2. The molecule has 1 aliphatic carbocycles. The Hall–Kier alpha value is -1.98. The highest BCUT2D eigenvalue weighted by molar-refractivity contribution is 6.30. The number of allylic oxidation sites excluding steroid dienone is 2. The standard InChI is InChI=1S/C17H11ClF10O2/c1-14(2)8(5-9(18)16(24,25)26)10(14)13(29)30-17(27,28)7-4-3-6(15(21,22)23)11(19)12(7)20/h3-5,8,10H,1-2H3. The highest BCUT2D eigenvalue weighted by Gasteiger charge is 2.63. The molecule has 1 saturated carbocycles. The molecule has 1 fully saturated rings. The van der Waals surface area contributed by atoms with E-state index in [2.05, 4.69) is 4.74 Å². The van der Waals surface area contributed by atoms with Crippen molar-refractivity contribution >= 4 is 17.6 Å². The van der Waals surface area contributed by atoms with Gasteiger partial charge in [0.2, 0.25) is 0 Å². The average molecular weight is 473 g/mol. The number of esters is 1. The van der Waals surface area contributed by atoms with Crippen LogP contribution in [-0.2, 0) is 21.8 Å². The fraction of sp³-hybridized carbons (Fsp3) is 0.471. The zero-order chi connectivity index (χ0) is 23.4. The Kier molecular flexibility index (Phi) is 5.92. The molecule has 13 heteroatoms. The second-order valence-corrected chi connectivity index (χ2v) is 7.47. The second kappa shape index (κ2) is 7.31. The fourth-order valence-electron chi connectivity index (χ4n) is 2.93. The van der Waals surface area contributed by atoms with E-state index in [9.17, 15) is 48.7 Å². The van der Waals surface area contributed by atoms with Gasteiger partial charge in [-0.3, -0.25) is 4.79 Å². The van der Waals surface area contributed by atoms with Crippen LogP contribution in [-0.4, -0.2) is 12.1 Å². The molecule has 30 heavy (non-hydrogen) atoms. The molecule has 0 N–H and O–H groups in total. The lowest BCUT2D eigenvalue weighted by Gasteiger charge is -2.19. The SMILES string of the molecule is CC1(C)C(C=C(Cl)C(F)(F)F)C1C(=O)OC(F)(F)c1ccc(C(F)(F)F)c(F)c1F. The van der Waals surface area contributed by atoms with E-state index in [1.165, 1.54) is 13.8 Å². The van der Waals surface area contributed by atoms with Crippen molar-refractivity contribution in [2.45, 2.75) is 32.3 Å². The van der Waals surface area contributed by atoms with E-state index in [0.29, 0.717) is 6.08 Å². The first-order valence-electron chi connectivity index (χ1n) is 7.92. The number of rotatable bonds is 4. The Labute approximate surface area is 167 Å². The lowest BCUT2D eigenvalue weighted by molar-refractivity contribution is -0.243. The predicted molar refractivity (Wildman–Crippen MR) is 82.1 cm³/mol. The van der Waals surface area contributed by atoms with Crippen molar-refractivity contribution in [3.8, 4) is 0 Å². The topological polar surface area (TPSA) is 26.3 Å². The maximum atomic E-state index is 14.1. The van der Waals surface area contributed by atoms with E-state index in [4.69, 9.17) is 11.6 Å². The zero-order valence-corrected chi connectivity index (χ0v) is 15.6. The summed E-state index contributed by atoms with van der Waals surface area (Å²) >= 11 is 5.06. The minimum Gasteiger partial charge on any atom is -0.397 e. The molecule has 2 rings (SSSR count). The summed E-state index contributed by atoms with van der Waals surface area (Å²) in [4.78, 5) is 12.0. The van der Waals surface area contributed by atoms with Gasteiger partial charge in [0.15, 0.2) is 11.6 Å². The van der Waals surface area contributed by atoms with Crippen LogP contribution in [0, 0.1) is 28.9 Å². The van der Waals surface area contributed by atoms with Gasteiger partial charge in [0.05, 0.1) is 11.5 Å². The zero-order valence-electron chi connectivity index (χ0n) is 14.9. The lowest BCUT2D eigenvalue weighted by Crippen LogP contribution is -2.27. The summed E-state index contributed by atoms with van der Waals surface area (Å²) in [6.07, 6.45) is -14.8. The van der Waals surface area contributed by atoms with Crippen LogP contribution in [0.3, 0.4) is 0 Å². The maximum absolute atomic E-state index is 14.1. The Balaban J connectivity index is 2.28. The molecule has 0 radical (unpaired) electrons. The van der Waals surface area contributed by atoms with Crippen LogP contribution in [0.25, 0.3) is 0 Å². The van der Waals surface area contributed by atoms with Crippen LogP contribution < -0.4 is 0 Å². The summed E-state index contributed by atoms with van der Waals surface area (Å²) in [5.74, 6) is -9.78. The average Bonchev–Trinajstić information content (AvgIpc) is 3.07. The van der Waals surface area contributed by atoms with Gasteiger partial charge in [0.25, 0.3) is 0 Å². The van der Waals surface area contributed by atoms with Crippen LogP contribution in [0.5, 0.6) is 0 Å². The van der Waals surface area contributed by atoms with Gasteiger partial charge in [-0.25, -0.2) is 8.78 Å². The molecule has 0 amide bonds. The molecule has 0 aliphatic heterocycles. The molecule has 0 bridgehead atoms. The van der Waals surface area contributed by atoms with E-state index in [-0.39, 0.29) is 12.1 Å². The number of benzene rings is 1. The second-order valence-electron chi connectivity index (χ2n) is 7.06. The van der Waals surface area contributed by atoms with E-state index in [1.54, 1.807) is 0 Å². The van der Waals surface area contributed by atoms with E-state index in [1.807, 2.05) is 0 Å². The number of halogens is 11. The van der Waals surface area contributed by atoms with Crippen LogP contribution in [0.4, 0.5) is 43.9 Å². The molecular formula is C17H11ClF10O2. The lowest BCUT2D eigenvalue weighted by atomic mass is 10.1. The summed E-state index contributed by atoms with van der Waals surface area (Å²) in [5, 5.41) is -1.60. The van der Waals surface area contributed by atoms with E-state index < -0.39 is 69.5 Å². The summed E-state index contributed by atoms with van der Waals surface area (Å²) in [5.41, 5.74) is -5.43. The normalized spacial score (nSPS) is 22.1.